The van der Waals surface area contributed by atoms with Crippen molar-refractivity contribution in [1.82, 2.24) is 4.90 Å². The van der Waals surface area contributed by atoms with E-state index < -0.39 is 0 Å². The fourth-order valence-corrected chi connectivity index (χ4v) is 3.68. The fourth-order valence-electron chi connectivity index (χ4n) is 2.81. The van der Waals surface area contributed by atoms with Gasteiger partial charge >= 0.3 is 0 Å². The molecule has 0 aliphatic carbocycles. The molecule has 138 valence electrons. The lowest BCUT2D eigenvalue weighted by Crippen LogP contribution is -2.28. The zero-order chi connectivity index (χ0) is 19.4. The number of thiophene rings is 1. The molecular weight excluding hydrogens is 382 g/mol. The smallest absolute Gasteiger partial charge is 0.254 e. The molecule has 0 radical (unpaired) electrons. The zero-order valence-electron chi connectivity index (χ0n) is 14.9. The Kier molecular flexibility index (Phi) is 5.94. The summed E-state index contributed by atoms with van der Waals surface area (Å²) in [4.78, 5) is 27.9. The van der Waals surface area contributed by atoms with Gasteiger partial charge in [0.15, 0.2) is 0 Å². The van der Waals surface area contributed by atoms with Crippen LogP contribution in [-0.4, -0.2) is 30.7 Å². The topological polar surface area (TPSA) is 46.6 Å². The molecule has 0 fully saturated rings. The number of ketones is 1. The lowest BCUT2D eigenvalue weighted by atomic mass is 10.0. The first-order valence-corrected chi connectivity index (χ1v) is 9.52. The quantitative estimate of drug-likeness (QED) is 0.553. The molecule has 4 nitrogen and oxygen atoms in total. The first-order valence-electron chi connectivity index (χ1n) is 8.26. The summed E-state index contributed by atoms with van der Waals surface area (Å²) in [5.41, 5.74) is 1.57. The Hall–Kier alpha value is -2.63. The van der Waals surface area contributed by atoms with E-state index in [1.165, 1.54) is 11.3 Å². The molecular formula is C21H18ClNO3S. The maximum atomic E-state index is 13.0. The molecule has 1 aromatic heterocycles. The normalized spacial score (nSPS) is 10.5. The minimum atomic E-state index is -0.238. The first kappa shape index (κ1) is 19.1. The highest BCUT2D eigenvalue weighted by molar-refractivity contribution is 7.12. The Balaban J connectivity index is 1.88. The number of halogens is 1. The van der Waals surface area contributed by atoms with Crippen molar-refractivity contribution in [1.29, 1.82) is 0 Å². The van der Waals surface area contributed by atoms with E-state index in [0.29, 0.717) is 33.3 Å². The number of methoxy groups -OCH3 is 1. The van der Waals surface area contributed by atoms with Gasteiger partial charge in [0.2, 0.25) is 5.78 Å². The van der Waals surface area contributed by atoms with Crippen LogP contribution >= 0.6 is 22.9 Å². The molecule has 0 unspecified atom stereocenters. The van der Waals surface area contributed by atoms with E-state index >= 15 is 0 Å². The third kappa shape index (κ3) is 4.21. The lowest BCUT2D eigenvalue weighted by molar-refractivity contribution is 0.0779. The number of carbonyl (C=O) groups is 2. The summed E-state index contributed by atoms with van der Waals surface area (Å²) in [7, 11) is 3.26. The second-order valence-electron chi connectivity index (χ2n) is 5.97. The Morgan fingerprint density at radius 1 is 1.07 bits per heavy atom. The van der Waals surface area contributed by atoms with E-state index in [4.69, 9.17) is 16.3 Å². The largest absolute Gasteiger partial charge is 0.496 e. The van der Waals surface area contributed by atoms with Crippen LogP contribution < -0.4 is 4.74 Å². The van der Waals surface area contributed by atoms with Crippen molar-refractivity contribution in [3.05, 3.63) is 86.6 Å². The van der Waals surface area contributed by atoms with Crippen LogP contribution in [0.15, 0.2) is 60.0 Å². The predicted molar refractivity (Wildman–Crippen MR) is 108 cm³/mol. The van der Waals surface area contributed by atoms with Crippen LogP contribution in [0.3, 0.4) is 0 Å². The first-order chi connectivity index (χ1) is 13.0. The average Bonchev–Trinajstić information content (AvgIpc) is 3.22. The highest BCUT2D eigenvalue weighted by Gasteiger charge is 2.22. The van der Waals surface area contributed by atoms with Gasteiger partial charge in [-0.1, -0.05) is 35.9 Å². The molecule has 0 saturated carbocycles. The fraction of sp³-hybridized carbons (Fsp3) is 0.143. The molecule has 3 aromatic rings. The summed E-state index contributed by atoms with van der Waals surface area (Å²) in [5.74, 6) is 0.266. The summed E-state index contributed by atoms with van der Waals surface area (Å²) < 4.78 is 5.35. The third-order valence-corrected chi connectivity index (χ3v) is 5.25. The molecule has 1 amide bonds. The van der Waals surface area contributed by atoms with Crippen molar-refractivity contribution >= 4 is 34.6 Å². The van der Waals surface area contributed by atoms with Crippen molar-refractivity contribution in [3.63, 3.8) is 0 Å². The number of rotatable bonds is 6. The molecule has 3 rings (SSSR count). The number of carbonyl (C=O) groups excluding carboxylic acids is 2. The molecule has 1 heterocycles. The second-order valence-corrected chi connectivity index (χ2v) is 7.35. The number of nitrogens with zero attached hydrogens (tertiary/aromatic N) is 1. The predicted octanol–water partition coefficient (Wildman–Crippen LogP) is 4.91. The minimum Gasteiger partial charge on any atom is -0.496 e. The van der Waals surface area contributed by atoms with Gasteiger partial charge in [-0.2, -0.15) is 0 Å². The van der Waals surface area contributed by atoms with Crippen molar-refractivity contribution < 1.29 is 14.3 Å². The van der Waals surface area contributed by atoms with Gasteiger partial charge in [0.25, 0.3) is 5.91 Å². The highest BCUT2D eigenvalue weighted by atomic mass is 35.5. The molecule has 2 aromatic carbocycles. The van der Waals surface area contributed by atoms with Gasteiger partial charge < -0.3 is 9.64 Å². The summed E-state index contributed by atoms with van der Waals surface area (Å²) in [6.07, 6.45) is 0. The number of hydrogen-bond donors (Lipinski definition) is 0. The highest BCUT2D eigenvalue weighted by Crippen LogP contribution is 2.25. The Morgan fingerprint density at radius 2 is 1.81 bits per heavy atom. The van der Waals surface area contributed by atoms with Crippen molar-refractivity contribution in [2.45, 2.75) is 6.54 Å². The monoisotopic (exact) mass is 399 g/mol. The van der Waals surface area contributed by atoms with Crippen molar-refractivity contribution in [2.24, 2.45) is 0 Å². The van der Waals surface area contributed by atoms with E-state index in [1.807, 2.05) is 11.4 Å². The molecule has 0 aliphatic rings. The number of amides is 1. The van der Waals surface area contributed by atoms with Crippen LogP contribution in [0.2, 0.25) is 5.02 Å². The van der Waals surface area contributed by atoms with Gasteiger partial charge in [-0.25, -0.2) is 0 Å². The SMILES string of the molecule is COc1ccc(Cl)cc1CN(C)C(=O)c1ccccc1C(=O)c1cccs1. The van der Waals surface area contributed by atoms with E-state index in [-0.39, 0.29) is 11.7 Å². The van der Waals surface area contributed by atoms with Crippen LogP contribution in [0.1, 0.15) is 31.2 Å². The van der Waals surface area contributed by atoms with Gasteiger partial charge in [-0.3, -0.25) is 9.59 Å². The number of benzene rings is 2. The van der Waals surface area contributed by atoms with Crippen LogP contribution in [-0.2, 0) is 6.54 Å². The summed E-state index contributed by atoms with van der Waals surface area (Å²) in [5, 5.41) is 2.41. The van der Waals surface area contributed by atoms with Gasteiger partial charge in [0.1, 0.15) is 5.75 Å². The van der Waals surface area contributed by atoms with Crippen LogP contribution in [0.25, 0.3) is 0 Å². The molecule has 0 aliphatic heterocycles. The third-order valence-electron chi connectivity index (χ3n) is 4.14. The lowest BCUT2D eigenvalue weighted by Gasteiger charge is -2.20. The second kappa shape index (κ2) is 8.37. The molecule has 0 atom stereocenters. The van der Waals surface area contributed by atoms with E-state index in [2.05, 4.69) is 0 Å². The van der Waals surface area contributed by atoms with Crippen LogP contribution in [0.4, 0.5) is 0 Å². The van der Waals surface area contributed by atoms with Crippen LogP contribution in [0, 0.1) is 0 Å². The van der Waals surface area contributed by atoms with Crippen molar-refractivity contribution in [2.75, 3.05) is 14.2 Å². The van der Waals surface area contributed by atoms with E-state index in [9.17, 15) is 9.59 Å². The summed E-state index contributed by atoms with van der Waals surface area (Å²) >= 11 is 7.43. The van der Waals surface area contributed by atoms with Crippen LogP contribution in [0.5, 0.6) is 5.75 Å². The van der Waals surface area contributed by atoms with Gasteiger partial charge in [-0.15, -0.1) is 11.3 Å². The van der Waals surface area contributed by atoms with Gasteiger partial charge in [-0.05, 0) is 35.7 Å². The Morgan fingerprint density at radius 3 is 2.48 bits per heavy atom. The standard InChI is InChI=1S/C21H18ClNO3S/c1-23(13-14-12-15(22)9-10-18(14)26-2)21(25)17-7-4-3-6-16(17)20(24)19-8-5-11-27-19/h3-12H,13H2,1-2H3. The average molecular weight is 400 g/mol. The Bertz CT molecular complexity index is 969. The Labute approximate surface area is 167 Å². The molecule has 0 saturated heterocycles. The maximum Gasteiger partial charge on any atom is 0.254 e. The van der Waals surface area contributed by atoms with E-state index in [0.717, 1.165) is 5.56 Å². The molecule has 0 bridgehead atoms. The van der Waals surface area contributed by atoms with Gasteiger partial charge in [0, 0.05) is 29.7 Å². The molecule has 0 N–H and O–H groups in total. The minimum absolute atomic E-state index is 0.150. The summed E-state index contributed by atoms with van der Waals surface area (Å²) in [6.45, 7) is 0.310. The van der Waals surface area contributed by atoms with E-state index in [1.54, 1.807) is 67.6 Å². The van der Waals surface area contributed by atoms with Gasteiger partial charge in [0.05, 0.1) is 17.6 Å². The zero-order valence-corrected chi connectivity index (χ0v) is 16.5. The molecule has 0 spiro atoms. The number of ether oxygens (including phenoxy) is 1. The molecule has 27 heavy (non-hydrogen) atoms. The molecule has 6 heteroatoms. The van der Waals surface area contributed by atoms with Crippen molar-refractivity contribution in [3.8, 4) is 5.75 Å². The number of hydrogen-bond acceptors (Lipinski definition) is 4. The maximum absolute atomic E-state index is 13.0. The summed E-state index contributed by atoms with van der Waals surface area (Å²) in [6, 6.07) is 15.7.